The maximum atomic E-state index is 8.49. The molecule has 0 saturated carbocycles. The van der Waals surface area contributed by atoms with Gasteiger partial charge in [0, 0.05) is 43.9 Å². The normalized spacial score (nSPS) is 9.44. The third-order valence-corrected chi connectivity index (χ3v) is 2.22. The van der Waals surface area contributed by atoms with E-state index in [1.807, 2.05) is 30.3 Å². The molecule has 0 saturated heterocycles. The van der Waals surface area contributed by atoms with Crippen LogP contribution in [0.1, 0.15) is 11.3 Å². The van der Waals surface area contributed by atoms with Crippen LogP contribution in [0.25, 0.3) is 0 Å². The summed E-state index contributed by atoms with van der Waals surface area (Å²) in [5.74, 6) is 0. The Balaban J connectivity index is 0.000000180. The van der Waals surface area contributed by atoms with E-state index < -0.39 is 0 Å². The van der Waals surface area contributed by atoms with Crippen molar-refractivity contribution in [1.82, 2.24) is 9.97 Å². The number of aromatic nitrogens is 2. The lowest BCUT2D eigenvalue weighted by molar-refractivity contribution is 0.298. The molecule has 2 rings (SSSR count). The molecule has 0 aliphatic heterocycles. The lowest BCUT2D eigenvalue weighted by Crippen LogP contribution is -1.91. The minimum Gasteiger partial charge on any atom is -0.396 e. The van der Waals surface area contributed by atoms with Gasteiger partial charge in [0.1, 0.15) is 0 Å². The summed E-state index contributed by atoms with van der Waals surface area (Å²) >= 11 is 0. The second kappa shape index (κ2) is 9.27. The van der Waals surface area contributed by atoms with E-state index in [4.69, 9.17) is 10.2 Å². The van der Waals surface area contributed by atoms with Gasteiger partial charge in [0.15, 0.2) is 0 Å². The van der Waals surface area contributed by atoms with Crippen LogP contribution in [0.3, 0.4) is 0 Å². The molecule has 2 N–H and O–H groups in total. The first-order chi connectivity index (χ1) is 8.86. The van der Waals surface area contributed by atoms with E-state index in [2.05, 4.69) is 9.97 Å². The van der Waals surface area contributed by atoms with Gasteiger partial charge in [0.2, 0.25) is 0 Å². The summed E-state index contributed by atoms with van der Waals surface area (Å²) in [6.45, 7) is 0.378. The average Bonchev–Trinajstić information content (AvgIpc) is 2.43. The summed E-state index contributed by atoms with van der Waals surface area (Å²) in [6, 6.07) is 9.49. The van der Waals surface area contributed by atoms with E-state index in [0.717, 1.165) is 11.3 Å². The van der Waals surface area contributed by atoms with Gasteiger partial charge in [-0.25, -0.2) is 0 Å². The quantitative estimate of drug-likeness (QED) is 0.851. The molecule has 2 heterocycles. The van der Waals surface area contributed by atoms with Crippen molar-refractivity contribution in [2.45, 2.75) is 12.8 Å². The van der Waals surface area contributed by atoms with Crippen molar-refractivity contribution < 1.29 is 10.2 Å². The van der Waals surface area contributed by atoms with E-state index >= 15 is 0 Å². The molecular formula is C14H18N2O2. The van der Waals surface area contributed by atoms with Gasteiger partial charge in [0.05, 0.1) is 0 Å². The van der Waals surface area contributed by atoms with Crippen LogP contribution in [0.5, 0.6) is 0 Å². The largest absolute Gasteiger partial charge is 0.396 e. The first kappa shape index (κ1) is 14.3. The van der Waals surface area contributed by atoms with Gasteiger partial charge >= 0.3 is 0 Å². The predicted molar refractivity (Wildman–Crippen MR) is 70.1 cm³/mol. The van der Waals surface area contributed by atoms with Crippen LogP contribution in [-0.2, 0) is 12.8 Å². The third kappa shape index (κ3) is 6.08. The summed E-state index contributed by atoms with van der Waals surface area (Å²) in [5, 5.41) is 17.0. The minimum absolute atomic E-state index is 0.178. The summed E-state index contributed by atoms with van der Waals surface area (Å²) < 4.78 is 0. The molecular weight excluding hydrogens is 228 g/mol. The van der Waals surface area contributed by atoms with Gasteiger partial charge in [-0.15, -0.1) is 0 Å². The monoisotopic (exact) mass is 246 g/mol. The number of rotatable bonds is 4. The molecule has 0 fully saturated rings. The summed E-state index contributed by atoms with van der Waals surface area (Å²) in [5.41, 5.74) is 2.03. The van der Waals surface area contributed by atoms with Crippen LogP contribution in [0.4, 0.5) is 0 Å². The average molecular weight is 246 g/mol. The molecule has 0 bridgehead atoms. The van der Waals surface area contributed by atoms with Crippen LogP contribution in [0.2, 0.25) is 0 Å². The van der Waals surface area contributed by atoms with Gasteiger partial charge in [-0.3, -0.25) is 9.97 Å². The van der Waals surface area contributed by atoms with Gasteiger partial charge in [-0.1, -0.05) is 12.1 Å². The molecule has 18 heavy (non-hydrogen) atoms. The molecule has 0 aliphatic rings. The van der Waals surface area contributed by atoms with Crippen LogP contribution in [0.15, 0.2) is 48.9 Å². The molecule has 4 heteroatoms. The van der Waals surface area contributed by atoms with Crippen molar-refractivity contribution >= 4 is 0 Å². The molecule has 4 nitrogen and oxygen atoms in total. The molecule has 0 radical (unpaired) electrons. The molecule has 0 atom stereocenters. The molecule has 0 aliphatic carbocycles. The summed E-state index contributed by atoms with van der Waals surface area (Å²) in [4.78, 5) is 7.90. The topological polar surface area (TPSA) is 66.2 Å². The highest BCUT2D eigenvalue weighted by molar-refractivity contribution is 5.08. The van der Waals surface area contributed by atoms with Crippen LogP contribution in [-0.4, -0.2) is 33.4 Å². The fraction of sp³-hybridized carbons (Fsp3) is 0.286. The third-order valence-electron chi connectivity index (χ3n) is 2.22. The number of pyridine rings is 2. The fourth-order valence-corrected chi connectivity index (χ4v) is 1.34. The molecule has 96 valence electrons. The maximum Gasteiger partial charge on any atom is 0.0486 e. The van der Waals surface area contributed by atoms with Crippen molar-refractivity contribution in [3.8, 4) is 0 Å². The second-order valence-corrected chi connectivity index (χ2v) is 3.63. The van der Waals surface area contributed by atoms with Crippen LogP contribution >= 0.6 is 0 Å². The SMILES string of the molecule is OCCc1ccccn1.OCCc1cccnc1. The van der Waals surface area contributed by atoms with Crippen LogP contribution in [0, 0.1) is 0 Å². The molecule has 0 spiro atoms. The highest BCUT2D eigenvalue weighted by Gasteiger charge is 1.87. The lowest BCUT2D eigenvalue weighted by Gasteiger charge is -1.92. The molecule has 0 amide bonds. The van der Waals surface area contributed by atoms with Crippen molar-refractivity contribution in [3.05, 3.63) is 60.2 Å². The van der Waals surface area contributed by atoms with Gasteiger partial charge < -0.3 is 10.2 Å². The Morgan fingerprint density at radius 2 is 1.72 bits per heavy atom. The standard InChI is InChI=1S/2C7H9NO/c9-5-3-7-2-1-4-8-6-7;9-6-4-7-3-1-2-5-8-7/h1-2,4,6,9H,3,5H2;1-3,5,9H,4,6H2. The number of nitrogens with zero attached hydrogens (tertiary/aromatic N) is 2. The van der Waals surface area contributed by atoms with E-state index in [0.29, 0.717) is 12.8 Å². The van der Waals surface area contributed by atoms with Crippen molar-refractivity contribution in [2.75, 3.05) is 13.2 Å². The summed E-state index contributed by atoms with van der Waals surface area (Å²) in [6.07, 6.45) is 6.57. The van der Waals surface area contributed by atoms with Crippen molar-refractivity contribution in [1.29, 1.82) is 0 Å². The van der Waals surface area contributed by atoms with Gasteiger partial charge in [-0.2, -0.15) is 0 Å². The maximum absolute atomic E-state index is 8.49. The first-order valence-electron chi connectivity index (χ1n) is 5.87. The molecule has 0 unspecified atom stereocenters. The number of hydrogen-bond acceptors (Lipinski definition) is 4. The number of hydrogen-bond donors (Lipinski definition) is 2. The van der Waals surface area contributed by atoms with E-state index in [-0.39, 0.29) is 13.2 Å². The number of aliphatic hydroxyl groups excluding tert-OH is 2. The number of aliphatic hydroxyl groups is 2. The molecule has 0 aromatic carbocycles. The van der Waals surface area contributed by atoms with Crippen LogP contribution < -0.4 is 0 Å². The van der Waals surface area contributed by atoms with E-state index in [1.54, 1.807) is 18.6 Å². The van der Waals surface area contributed by atoms with Gasteiger partial charge in [0.25, 0.3) is 0 Å². The zero-order chi connectivity index (χ0) is 13.1. The Bertz CT molecular complexity index is 365. The Morgan fingerprint density at radius 3 is 2.28 bits per heavy atom. The smallest absolute Gasteiger partial charge is 0.0486 e. The Hall–Kier alpha value is -1.78. The van der Waals surface area contributed by atoms with Crippen molar-refractivity contribution in [2.24, 2.45) is 0 Å². The van der Waals surface area contributed by atoms with E-state index in [9.17, 15) is 0 Å². The predicted octanol–water partition coefficient (Wildman–Crippen LogP) is 1.23. The molecule has 2 aromatic rings. The highest BCUT2D eigenvalue weighted by atomic mass is 16.3. The second-order valence-electron chi connectivity index (χ2n) is 3.63. The summed E-state index contributed by atoms with van der Waals surface area (Å²) in [7, 11) is 0. The zero-order valence-electron chi connectivity index (χ0n) is 10.2. The Kier molecular flexibility index (Phi) is 7.36. The Morgan fingerprint density at radius 1 is 0.889 bits per heavy atom. The Labute approximate surface area is 107 Å². The van der Waals surface area contributed by atoms with E-state index in [1.165, 1.54) is 0 Å². The van der Waals surface area contributed by atoms with Gasteiger partial charge in [-0.05, 0) is 30.2 Å². The lowest BCUT2D eigenvalue weighted by atomic mass is 10.2. The van der Waals surface area contributed by atoms with Crippen molar-refractivity contribution in [3.63, 3.8) is 0 Å². The zero-order valence-corrected chi connectivity index (χ0v) is 10.2. The first-order valence-corrected chi connectivity index (χ1v) is 5.87. The molecule has 2 aromatic heterocycles. The fourth-order valence-electron chi connectivity index (χ4n) is 1.34. The minimum atomic E-state index is 0.178. The highest BCUT2D eigenvalue weighted by Crippen LogP contribution is 1.94.